The van der Waals surface area contributed by atoms with Gasteiger partial charge < -0.3 is 14.2 Å². The molecule has 0 radical (unpaired) electrons. The number of rotatable bonds is 40. The minimum absolute atomic E-state index is 0.0634. The number of hydrogen-bond donors (Lipinski definition) is 0. The molecule has 0 heterocycles. The van der Waals surface area contributed by atoms with E-state index in [0.717, 1.165) is 57.8 Å². The SMILES string of the molecule is CCCCCCCCCCCCCCCCCC(=O)OC[C@H](COC(=O)CCCCCCCCC)OC(=O)CCCCCCCCCCCC. The number of esters is 3. The van der Waals surface area contributed by atoms with Gasteiger partial charge in [0.1, 0.15) is 13.2 Å². The maximum absolute atomic E-state index is 12.6. The summed E-state index contributed by atoms with van der Waals surface area (Å²) in [6.07, 6.45) is 39.5. The van der Waals surface area contributed by atoms with Crippen LogP contribution in [0, 0.1) is 0 Å². The van der Waals surface area contributed by atoms with Gasteiger partial charge in [-0.1, -0.05) is 207 Å². The highest BCUT2D eigenvalue weighted by atomic mass is 16.6. The molecule has 0 saturated carbocycles. The predicted molar refractivity (Wildman–Crippen MR) is 210 cm³/mol. The third kappa shape index (κ3) is 37.7. The summed E-state index contributed by atoms with van der Waals surface area (Å²) in [4.78, 5) is 37.5. The third-order valence-corrected chi connectivity index (χ3v) is 9.86. The number of unbranched alkanes of at least 4 members (excludes halogenated alkanes) is 29. The van der Waals surface area contributed by atoms with Gasteiger partial charge in [-0.3, -0.25) is 14.4 Å². The van der Waals surface area contributed by atoms with E-state index in [-0.39, 0.29) is 31.1 Å². The lowest BCUT2D eigenvalue weighted by molar-refractivity contribution is -0.167. The molecule has 0 aromatic rings. The van der Waals surface area contributed by atoms with Crippen molar-refractivity contribution in [2.45, 2.75) is 252 Å². The molecule has 0 aliphatic rings. The van der Waals surface area contributed by atoms with E-state index in [1.807, 2.05) is 0 Å². The first-order chi connectivity index (χ1) is 24.5. The van der Waals surface area contributed by atoms with Crippen LogP contribution in [-0.2, 0) is 28.6 Å². The number of hydrogen-bond acceptors (Lipinski definition) is 6. The van der Waals surface area contributed by atoms with Crippen molar-refractivity contribution in [1.82, 2.24) is 0 Å². The van der Waals surface area contributed by atoms with E-state index in [1.54, 1.807) is 0 Å². The minimum atomic E-state index is -0.756. The average Bonchev–Trinajstić information content (AvgIpc) is 3.11. The van der Waals surface area contributed by atoms with E-state index in [4.69, 9.17) is 14.2 Å². The molecule has 0 unspecified atom stereocenters. The fourth-order valence-corrected chi connectivity index (χ4v) is 6.50. The van der Waals surface area contributed by atoms with Crippen molar-refractivity contribution in [1.29, 1.82) is 0 Å². The second kappa shape index (κ2) is 40.2. The second-order valence-corrected chi connectivity index (χ2v) is 15.0. The van der Waals surface area contributed by atoms with Gasteiger partial charge in [0.25, 0.3) is 0 Å². The number of carbonyl (C=O) groups is 3. The molecule has 0 aliphatic heterocycles. The molecule has 0 saturated heterocycles. The molecule has 0 amide bonds. The molecule has 0 aliphatic carbocycles. The summed E-state index contributed by atoms with van der Waals surface area (Å²) in [7, 11) is 0. The van der Waals surface area contributed by atoms with Crippen LogP contribution in [0.3, 0.4) is 0 Å². The van der Waals surface area contributed by atoms with Crippen molar-refractivity contribution in [2.24, 2.45) is 0 Å². The first-order valence-electron chi connectivity index (χ1n) is 22.0. The Morgan fingerprint density at radius 3 is 0.800 bits per heavy atom. The van der Waals surface area contributed by atoms with Crippen LogP contribution in [0.25, 0.3) is 0 Å². The molecule has 0 N–H and O–H groups in total. The van der Waals surface area contributed by atoms with E-state index in [2.05, 4.69) is 20.8 Å². The Labute approximate surface area is 310 Å². The monoisotopic (exact) mass is 709 g/mol. The molecule has 6 nitrogen and oxygen atoms in total. The smallest absolute Gasteiger partial charge is 0.306 e. The molecule has 50 heavy (non-hydrogen) atoms. The van der Waals surface area contributed by atoms with Gasteiger partial charge >= 0.3 is 17.9 Å². The van der Waals surface area contributed by atoms with Crippen molar-refractivity contribution in [3.8, 4) is 0 Å². The molecule has 0 bridgehead atoms. The Kier molecular flexibility index (Phi) is 38.9. The summed E-state index contributed by atoms with van der Waals surface area (Å²) in [6, 6.07) is 0. The van der Waals surface area contributed by atoms with Gasteiger partial charge in [-0.25, -0.2) is 0 Å². The minimum Gasteiger partial charge on any atom is -0.462 e. The summed E-state index contributed by atoms with van der Waals surface area (Å²) in [6.45, 7) is 6.60. The Balaban J connectivity index is 4.23. The van der Waals surface area contributed by atoms with Crippen molar-refractivity contribution in [2.75, 3.05) is 13.2 Å². The van der Waals surface area contributed by atoms with Gasteiger partial charge in [0, 0.05) is 19.3 Å². The van der Waals surface area contributed by atoms with Crippen molar-refractivity contribution >= 4 is 17.9 Å². The maximum Gasteiger partial charge on any atom is 0.306 e. The van der Waals surface area contributed by atoms with E-state index in [1.165, 1.54) is 148 Å². The molecule has 0 spiro atoms. The highest BCUT2D eigenvalue weighted by Gasteiger charge is 2.19. The first-order valence-corrected chi connectivity index (χ1v) is 22.0. The molecule has 0 rings (SSSR count). The standard InChI is InChI=1S/C44H84O6/c1-4-7-10-13-16-18-20-21-22-23-24-26-28-31-34-37-43(46)49-40-41(39-48-42(45)36-33-30-27-15-12-9-6-3)50-44(47)38-35-32-29-25-19-17-14-11-8-5-2/h41H,4-40H2,1-3H3/t41-/m0/s1. The van der Waals surface area contributed by atoms with Crippen LogP contribution in [0.2, 0.25) is 0 Å². The van der Waals surface area contributed by atoms with Crippen LogP contribution in [0.1, 0.15) is 245 Å². The largest absolute Gasteiger partial charge is 0.462 e. The second-order valence-electron chi connectivity index (χ2n) is 15.0. The van der Waals surface area contributed by atoms with Crippen LogP contribution in [0.4, 0.5) is 0 Å². The Bertz CT molecular complexity index is 738. The van der Waals surface area contributed by atoms with Gasteiger partial charge in [-0.15, -0.1) is 0 Å². The maximum atomic E-state index is 12.6. The normalized spacial score (nSPS) is 11.8. The van der Waals surface area contributed by atoms with E-state index in [0.29, 0.717) is 19.3 Å². The van der Waals surface area contributed by atoms with E-state index in [9.17, 15) is 14.4 Å². The highest BCUT2D eigenvalue weighted by Crippen LogP contribution is 2.15. The van der Waals surface area contributed by atoms with E-state index < -0.39 is 6.10 Å². The predicted octanol–water partition coefficient (Wildman–Crippen LogP) is 13.7. The lowest BCUT2D eigenvalue weighted by Crippen LogP contribution is -2.30. The average molecular weight is 709 g/mol. The number of ether oxygens (including phenoxy) is 3. The van der Waals surface area contributed by atoms with Crippen LogP contribution >= 0.6 is 0 Å². The van der Waals surface area contributed by atoms with Crippen molar-refractivity contribution in [3.05, 3.63) is 0 Å². The zero-order chi connectivity index (χ0) is 36.6. The van der Waals surface area contributed by atoms with Gasteiger partial charge in [0.05, 0.1) is 0 Å². The first kappa shape index (κ1) is 48.4. The van der Waals surface area contributed by atoms with Gasteiger partial charge in [0.15, 0.2) is 6.10 Å². The molecule has 6 heteroatoms. The molecule has 0 aromatic carbocycles. The molecule has 0 aromatic heterocycles. The van der Waals surface area contributed by atoms with Crippen LogP contribution in [-0.4, -0.2) is 37.2 Å². The molecule has 1 atom stereocenters. The van der Waals surface area contributed by atoms with Crippen molar-refractivity contribution < 1.29 is 28.6 Å². The highest BCUT2D eigenvalue weighted by molar-refractivity contribution is 5.71. The van der Waals surface area contributed by atoms with Crippen LogP contribution in [0.5, 0.6) is 0 Å². The van der Waals surface area contributed by atoms with Gasteiger partial charge in [0.2, 0.25) is 0 Å². The van der Waals surface area contributed by atoms with Gasteiger partial charge in [-0.2, -0.15) is 0 Å². The zero-order valence-corrected chi connectivity index (χ0v) is 33.7. The summed E-state index contributed by atoms with van der Waals surface area (Å²) < 4.78 is 16.6. The fourth-order valence-electron chi connectivity index (χ4n) is 6.50. The number of carbonyl (C=O) groups excluding carboxylic acids is 3. The summed E-state index contributed by atoms with van der Waals surface area (Å²) in [5.74, 6) is -0.862. The fraction of sp³-hybridized carbons (Fsp3) is 0.932. The van der Waals surface area contributed by atoms with Crippen LogP contribution in [0.15, 0.2) is 0 Å². The Morgan fingerprint density at radius 1 is 0.320 bits per heavy atom. The van der Waals surface area contributed by atoms with Crippen molar-refractivity contribution in [3.63, 3.8) is 0 Å². The summed E-state index contributed by atoms with van der Waals surface area (Å²) >= 11 is 0. The lowest BCUT2D eigenvalue weighted by atomic mass is 10.0. The van der Waals surface area contributed by atoms with Crippen LogP contribution < -0.4 is 0 Å². The topological polar surface area (TPSA) is 78.9 Å². The summed E-state index contributed by atoms with van der Waals surface area (Å²) in [5, 5.41) is 0. The Hall–Kier alpha value is -1.59. The Morgan fingerprint density at radius 2 is 0.540 bits per heavy atom. The van der Waals surface area contributed by atoms with Gasteiger partial charge in [-0.05, 0) is 19.3 Å². The summed E-state index contributed by atoms with van der Waals surface area (Å²) in [5.41, 5.74) is 0. The zero-order valence-electron chi connectivity index (χ0n) is 33.7. The molecule has 296 valence electrons. The lowest BCUT2D eigenvalue weighted by Gasteiger charge is -2.18. The third-order valence-electron chi connectivity index (χ3n) is 9.86. The van der Waals surface area contributed by atoms with E-state index >= 15 is 0 Å². The molecular weight excluding hydrogens is 624 g/mol. The molecular formula is C44H84O6. The quantitative estimate of drug-likeness (QED) is 0.0358. The molecule has 0 fully saturated rings.